The van der Waals surface area contributed by atoms with Gasteiger partial charge in [0.05, 0.1) is 6.42 Å². The number of carbonyl (C=O) groups is 1. The van der Waals surface area contributed by atoms with Crippen LogP contribution in [0, 0.1) is 0 Å². The molecule has 0 saturated carbocycles. The third kappa shape index (κ3) is 2.03. The number of phenols is 1. The average Bonchev–Trinajstić information content (AvgIpc) is 2.16. The van der Waals surface area contributed by atoms with E-state index in [4.69, 9.17) is 5.11 Å². The summed E-state index contributed by atoms with van der Waals surface area (Å²) in [5, 5.41) is 21.2. The minimum Gasteiger partial charge on any atom is -0.508 e. The highest BCUT2D eigenvalue weighted by Gasteiger charge is 2.22. The molecular formula is C11H13NO3. The molecule has 0 aromatic heterocycles. The lowest BCUT2D eigenvalue weighted by Gasteiger charge is -2.25. The van der Waals surface area contributed by atoms with E-state index in [1.807, 2.05) is 0 Å². The Kier molecular flexibility index (Phi) is 2.49. The smallest absolute Gasteiger partial charge is 0.303 e. The molecule has 3 N–H and O–H groups in total. The summed E-state index contributed by atoms with van der Waals surface area (Å²) in [6.45, 7) is 0.758. The van der Waals surface area contributed by atoms with Crippen molar-refractivity contribution in [2.24, 2.45) is 0 Å². The molecule has 1 heterocycles. The van der Waals surface area contributed by atoms with Gasteiger partial charge in [-0.15, -0.1) is 0 Å². The molecule has 15 heavy (non-hydrogen) atoms. The van der Waals surface area contributed by atoms with Gasteiger partial charge in [0.1, 0.15) is 5.75 Å². The van der Waals surface area contributed by atoms with Gasteiger partial charge < -0.3 is 15.5 Å². The van der Waals surface area contributed by atoms with Gasteiger partial charge in [0.2, 0.25) is 0 Å². The van der Waals surface area contributed by atoms with E-state index in [0.717, 1.165) is 24.2 Å². The number of phenolic OH excluding ortho intramolecular Hbond substituents is 1. The Morgan fingerprint density at radius 1 is 1.53 bits per heavy atom. The van der Waals surface area contributed by atoms with Crippen molar-refractivity contribution in [3.8, 4) is 5.75 Å². The fourth-order valence-electron chi connectivity index (χ4n) is 2.01. The van der Waals surface area contributed by atoms with Crippen LogP contribution in [0.15, 0.2) is 18.2 Å². The number of fused-ring (bicyclic) bond motifs is 1. The Bertz CT molecular complexity index is 389. The van der Waals surface area contributed by atoms with Crippen molar-refractivity contribution in [2.75, 3.05) is 11.9 Å². The molecule has 0 radical (unpaired) electrons. The minimum absolute atomic E-state index is 0.0550. The van der Waals surface area contributed by atoms with Crippen LogP contribution in [-0.4, -0.2) is 22.7 Å². The number of aromatic hydroxyl groups is 1. The topological polar surface area (TPSA) is 69.6 Å². The Balaban J connectivity index is 2.30. The van der Waals surface area contributed by atoms with Gasteiger partial charge in [0.15, 0.2) is 0 Å². The lowest BCUT2D eigenvalue weighted by molar-refractivity contribution is -0.137. The van der Waals surface area contributed by atoms with E-state index in [0.29, 0.717) is 0 Å². The largest absolute Gasteiger partial charge is 0.508 e. The van der Waals surface area contributed by atoms with Crippen molar-refractivity contribution in [1.82, 2.24) is 0 Å². The maximum atomic E-state index is 10.7. The molecule has 1 aliphatic rings. The van der Waals surface area contributed by atoms with Crippen molar-refractivity contribution >= 4 is 11.7 Å². The lowest BCUT2D eigenvalue weighted by Crippen LogP contribution is -2.18. The molecule has 2 rings (SSSR count). The Morgan fingerprint density at radius 3 is 3.07 bits per heavy atom. The molecule has 0 amide bonds. The van der Waals surface area contributed by atoms with Crippen LogP contribution in [0.1, 0.15) is 24.3 Å². The van der Waals surface area contributed by atoms with Crippen molar-refractivity contribution in [2.45, 2.75) is 18.8 Å². The molecule has 0 saturated heterocycles. The van der Waals surface area contributed by atoms with Crippen molar-refractivity contribution in [3.63, 3.8) is 0 Å². The fraction of sp³-hybridized carbons (Fsp3) is 0.364. The number of carboxylic acids is 1. The van der Waals surface area contributed by atoms with Gasteiger partial charge in [-0.3, -0.25) is 4.79 Å². The summed E-state index contributed by atoms with van der Waals surface area (Å²) in [5.74, 6) is -0.516. The molecule has 0 bridgehead atoms. The highest BCUT2D eigenvalue weighted by Crippen LogP contribution is 2.35. The van der Waals surface area contributed by atoms with E-state index in [2.05, 4.69) is 5.32 Å². The molecule has 1 aromatic carbocycles. The number of hydrogen-bond donors (Lipinski definition) is 3. The summed E-state index contributed by atoms with van der Waals surface area (Å²) in [6.07, 6.45) is 0.976. The first-order valence-corrected chi connectivity index (χ1v) is 4.95. The molecule has 1 aromatic rings. The molecule has 0 spiro atoms. The molecule has 4 nitrogen and oxygen atoms in total. The zero-order valence-corrected chi connectivity index (χ0v) is 8.23. The lowest BCUT2D eigenvalue weighted by atomic mass is 9.88. The minimum atomic E-state index is -0.777. The maximum Gasteiger partial charge on any atom is 0.303 e. The number of nitrogens with one attached hydrogen (secondary N) is 1. The first-order valence-electron chi connectivity index (χ1n) is 4.95. The van der Waals surface area contributed by atoms with Crippen LogP contribution in [0.2, 0.25) is 0 Å². The number of aliphatic carboxylic acids is 1. The van der Waals surface area contributed by atoms with Gasteiger partial charge in [0.25, 0.3) is 0 Å². The van der Waals surface area contributed by atoms with Crippen LogP contribution in [0.5, 0.6) is 5.75 Å². The molecule has 4 heteroatoms. The first kappa shape index (κ1) is 9.83. The summed E-state index contributed by atoms with van der Waals surface area (Å²) in [5.41, 5.74) is 1.84. The second-order valence-electron chi connectivity index (χ2n) is 3.78. The molecule has 1 unspecified atom stereocenters. The number of benzene rings is 1. The fourth-order valence-corrected chi connectivity index (χ4v) is 2.01. The molecule has 1 aliphatic heterocycles. The van der Waals surface area contributed by atoms with Crippen LogP contribution in [0.3, 0.4) is 0 Å². The molecule has 0 aliphatic carbocycles. The van der Waals surface area contributed by atoms with Crippen LogP contribution < -0.4 is 5.32 Å². The van der Waals surface area contributed by atoms with Crippen molar-refractivity contribution in [3.05, 3.63) is 23.8 Å². The third-order valence-corrected chi connectivity index (χ3v) is 2.71. The van der Waals surface area contributed by atoms with E-state index < -0.39 is 5.97 Å². The monoisotopic (exact) mass is 207 g/mol. The SMILES string of the molecule is O=C(O)CC1CCNc2cc(O)ccc21. The summed E-state index contributed by atoms with van der Waals surface area (Å²) in [6, 6.07) is 5.04. The van der Waals surface area contributed by atoms with E-state index in [1.54, 1.807) is 18.2 Å². The van der Waals surface area contributed by atoms with Gasteiger partial charge in [-0.05, 0) is 24.0 Å². The Labute approximate surface area is 87.6 Å². The highest BCUT2D eigenvalue weighted by atomic mass is 16.4. The number of hydrogen-bond acceptors (Lipinski definition) is 3. The predicted octanol–water partition coefficient (Wildman–Crippen LogP) is 1.77. The zero-order chi connectivity index (χ0) is 10.8. The number of rotatable bonds is 2. The Morgan fingerprint density at radius 2 is 2.33 bits per heavy atom. The van der Waals surface area contributed by atoms with Crippen molar-refractivity contribution < 1.29 is 15.0 Å². The van der Waals surface area contributed by atoms with Crippen LogP contribution in [0.4, 0.5) is 5.69 Å². The Hall–Kier alpha value is -1.71. The van der Waals surface area contributed by atoms with E-state index in [9.17, 15) is 9.90 Å². The molecule has 0 fully saturated rings. The third-order valence-electron chi connectivity index (χ3n) is 2.71. The average molecular weight is 207 g/mol. The van der Waals surface area contributed by atoms with E-state index in [1.165, 1.54) is 0 Å². The van der Waals surface area contributed by atoms with Crippen LogP contribution >= 0.6 is 0 Å². The standard InChI is InChI=1S/C11H13NO3/c13-8-1-2-9-7(5-11(14)15)3-4-12-10(9)6-8/h1-2,6-7,12-13H,3-5H2,(H,14,15). The summed E-state index contributed by atoms with van der Waals surface area (Å²) in [4.78, 5) is 10.7. The van der Waals surface area contributed by atoms with E-state index in [-0.39, 0.29) is 18.1 Å². The van der Waals surface area contributed by atoms with Gasteiger partial charge in [-0.2, -0.15) is 0 Å². The predicted molar refractivity (Wildman–Crippen MR) is 56.2 cm³/mol. The van der Waals surface area contributed by atoms with Gasteiger partial charge in [-0.25, -0.2) is 0 Å². The zero-order valence-electron chi connectivity index (χ0n) is 8.23. The molecule has 80 valence electrons. The normalized spacial score (nSPS) is 19.1. The van der Waals surface area contributed by atoms with E-state index >= 15 is 0 Å². The second kappa shape index (κ2) is 3.81. The maximum absolute atomic E-state index is 10.7. The van der Waals surface area contributed by atoms with Crippen LogP contribution in [-0.2, 0) is 4.79 Å². The van der Waals surface area contributed by atoms with Gasteiger partial charge in [0, 0.05) is 18.3 Å². The summed E-state index contributed by atoms with van der Waals surface area (Å²) < 4.78 is 0. The quantitative estimate of drug-likeness (QED) is 0.691. The molecule has 1 atom stereocenters. The van der Waals surface area contributed by atoms with Gasteiger partial charge >= 0.3 is 5.97 Å². The second-order valence-corrected chi connectivity index (χ2v) is 3.78. The van der Waals surface area contributed by atoms with Crippen molar-refractivity contribution in [1.29, 1.82) is 0 Å². The summed E-state index contributed by atoms with van der Waals surface area (Å²) in [7, 11) is 0. The highest BCUT2D eigenvalue weighted by molar-refractivity contribution is 5.70. The van der Waals surface area contributed by atoms with Crippen LogP contribution in [0.25, 0.3) is 0 Å². The number of anilines is 1. The number of carboxylic acid groups (broad SMARTS) is 1. The van der Waals surface area contributed by atoms with Gasteiger partial charge in [-0.1, -0.05) is 6.07 Å². The first-order chi connectivity index (χ1) is 7.16. The molecular weight excluding hydrogens is 194 g/mol. The summed E-state index contributed by atoms with van der Waals surface area (Å²) >= 11 is 0.